The van der Waals surface area contributed by atoms with Gasteiger partial charge >= 0.3 is 5.97 Å². The second-order valence-electron chi connectivity index (χ2n) is 6.68. The van der Waals surface area contributed by atoms with Gasteiger partial charge in [0.2, 0.25) is 0 Å². The number of halogens is 3. The normalized spacial score (nSPS) is 12.0. The largest absolute Gasteiger partial charge is 0.465 e. The number of carbonyl (C=O) groups is 2. The average Bonchev–Trinajstić information content (AvgIpc) is 2.66. The van der Waals surface area contributed by atoms with E-state index in [1.165, 1.54) is 24.3 Å². The first-order valence-electron chi connectivity index (χ1n) is 9.12. The Morgan fingerprint density at radius 3 is 2.55 bits per heavy atom. The summed E-state index contributed by atoms with van der Waals surface area (Å²) in [6.07, 6.45) is 0.703. The van der Waals surface area contributed by atoms with Crippen LogP contribution in [0.1, 0.15) is 37.6 Å². The highest BCUT2D eigenvalue weighted by Gasteiger charge is 2.26. The zero-order valence-corrected chi connectivity index (χ0v) is 17.9. The highest BCUT2D eigenvalue weighted by Crippen LogP contribution is 2.37. The van der Waals surface area contributed by atoms with E-state index in [0.717, 1.165) is 23.9 Å². The smallest absolute Gasteiger partial charge is 0.319 e. The number of carbonyl (C=O) groups excluding carboxylic acids is 2. The Morgan fingerprint density at radius 1 is 1.21 bits per heavy atom. The molecule has 1 atom stereocenters. The van der Waals surface area contributed by atoms with Crippen molar-refractivity contribution in [1.82, 2.24) is 0 Å². The zero-order valence-electron chi connectivity index (χ0n) is 16.3. The van der Waals surface area contributed by atoms with Crippen LogP contribution in [-0.2, 0) is 9.53 Å². The first kappa shape index (κ1) is 23.2. The number of amides is 1. The topological polar surface area (TPSA) is 55.4 Å². The van der Waals surface area contributed by atoms with E-state index in [-0.39, 0.29) is 28.2 Å². The molecule has 1 N–H and O–H groups in total. The summed E-state index contributed by atoms with van der Waals surface area (Å²) in [6, 6.07) is 7.50. The first-order chi connectivity index (χ1) is 13.7. The number of benzene rings is 2. The van der Waals surface area contributed by atoms with Crippen LogP contribution in [0.15, 0.2) is 41.3 Å². The Balaban J connectivity index is 2.25. The van der Waals surface area contributed by atoms with Crippen LogP contribution in [0, 0.1) is 17.6 Å². The number of esters is 1. The number of hydrogen-bond acceptors (Lipinski definition) is 4. The Morgan fingerprint density at radius 2 is 1.93 bits per heavy atom. The molecule has 0 bridgehead atoms. The molecule has 0 fully saturated rings. The molecule has 0 aliphatic rings. The van der Waals surface area contributed by atoms with Crippen LogP contribution in [0.3, 0.4) is 0 Å². The van der Waals surface area contributed by atoms with Gasteiger partial charge in [0.05, 0.1) is 17.3 Å². The van der Waals surface area contributed by atoms with Crippen molar-refractivity contribution in [3.05, 3.63) is 58.6 Å². The van der Waals surface area contributed by atoms with Gasteiger partial charge in [0.1, 0.15) is 16.9 Å². The van der Waals surface area contributed by atoms with Gasteiger partial charge in [-0.25, -0.2) is 8.78 Å². The van der Waals surface area contributed by atoms with E-state index in [9.17, 15) is 18.4 Å². The van der Waals surface area contributed by atoms with Gasteiger partial charge in [-0.3, -0.25) is 9.59 Å². The summed E-state index contributed by atoms with van der Waals surface area (Å²) in [5.41, 5.74) is -0.0626. The lowest BCUT2D eigenvalue weighted by Crippen LogP contribution is -2.26. The van der Waals surface area contributed by atoms with E-state index in [1.54, 1.807) is 0 Å². The monoisotopic (exact) mass is 441 g/mol. The van der Waals surface area contributed by atoms with Gasteiger partial charge in [-0.2, -0.15) is 0 Å². The van der Waals surface area contributed by atoms with Gasteiger partial charge in [-0.1, -0.05) is 38.4 Å². The number of ether oxygens (including phenoxy) is 1. The van der Waals surface area contributed by atoms with Crippen LogP contribution in [-0.4, -0.2) is 23.7 Å². The summed E-state index contributed by atoms with van der Waals surface area (Å²) in [4.78, 5) is 25.1. The molecule has 2 aromatic carbocycles. The third-order valence-electron chi connectivity index (χ3n) is 3.90. The van der Waals surface area contributed by atoms with E-state index in [2.05, 4.69) is 5.32 Å². The quantitative estimate of drug-likeness (QED) is 0.407. The number of rotatable bonds is 8. The highest BCUT2D eigenvalue weighted by molar-refractivity contribution is 8.00. The fourth-order valence-corrected chi connectivity index (χ4v) is 3.77. The molecule has 0 radical (unpaired) electrons. The maximum atomic E-state index is 14.3. The van der Waals surface area contributed by atoms with Crippen molar-refractivity contribution in [3.63, 3.8) is 0 Å². The molecule has 0 saturated carbocycles. The van der Waals surface area contributed by atoms with E-state index in [0.29, 0.717) is 17.9 Å². The van der Waals surface area contributed by atoms with Crippen molar-refractivity contribution in [2.75, 3.05) is 11.9 Å². The van der Waals surface area contributed by atoms with Gasteiger partial charge in [-0.15, -0.1) is 11.8 Å². The van der Waals surface area contributed by atoms with Gasteiger partial charge < -0.3 is 10.1 Å². The highest BCUT2D eigenvalue weighted by atomic mass is 35.5. The Hall–Kier alpha value is -2.12. The molecule has 0 spiro atoms. The molecule has 0 aliphatic carbocycles. The molecule has 1 unspecified atom stereocenters. The molecule has 4 nitrogen and oxygen atoms in total. The molecule has 0 saturated heterocycles. The van der Waals surface area contributed by atoms with Crippen molar-refractivity contribution >= 4 is 40.9 Å². The number of nitrogens with one attached hydrogen (secondary N) is 1. The van der Waals surface area contributed by atoms with Gasteiger partial charge in [0.15, 0.2) is 0 Å². The summed E-state index contributed by atoms with van der Waals surface area (Å²) in [7, 11) is 0. The minimum Gasteiger partial charge on any atom is -0.465 e. The van der Waals surface area contributed by atoms with Crippen molar-refractivity contribution in [2.24, 2.45) is 5.92 Å². The van der Waals surface area contributed by atoms with Crippen molar-refractivity contribution < 1.29 is 23.1 Å². The predicted molar refractivity (Wildman–Crippen MR) is 111 cm³/mol. The molecule has 8 heteroatoms. The van der Waals surface area contributed by atoms with Gasteiger partial charge in [0.25, 0.3) is 5.91 Å². The minimum atomic E-state index is -0.737. The molecule has 0 aromatic heterocycles. The molecule has 156 valence electrons. The van der Waals surface area contributed by atoms with Crippen LogP contribution < -0.4 is 5.32 Å². The van der Waals surface area contributed by atoms with Crippen molar-refractivity contribution in [2.45, 2.75) is 37.3 Å². The van der Waals surface area contributed by atoms with Crippen LogP contribution in [0.4, 0.5) is 14.5 Å². The standard InChI is InChI=1S/C21H22ClF2NO3S/c1-4-8-28-21(27)19(12(2)3)29-18-11-17(16(24)10-15(18)22)25-20(26)13-6-5-7-14(23)9-13/h5-7,9-12,19H,4,8H2,1-3H3,(H,25,26). The lowest BCUT2D eigenvalue weighted by molar-refractivity contribution is -0.143. The average molecular weight is 442 g/mol. The molecule has 1 amide bonds. The maximum absolute atomic E-state index is 14.3. The summed E-state index contributed by atoms with van der Waals surface area (Å²) in [6.45, 7) is 5.95. The summed E-state index contributed by atoms with van der Waals surface area (Å²) < 4.78 is 32.9. The fourth-order valence-electron chi connectivity index (χ4n) is 2.42. The minimum absolute atomic E-state index is 0.0525. The van der Waals surface area contributed by atoms with Gasteiger partial charge in [-0.05, 0) is 42.7 Å². The second kappa shape index (κ2) is 10.6. The van der Waals surface area contributed by atoms with Crippen LogP contribution >= 0.6 is 23.4 Å². The first-order valence-corrected chi connectivity index (χ1v) is 10.4. The lowest BCUT2D eigenvalue weighted by atomic mass is 10.1. The Kier molecular flexibility index (Phi) is 8.46. The van der Waals surface area contributed by atoms with Crippen LogP contribution in [0.25, 0.3) is 0 Å². The zero-order chi connectivity index (χ0) is 21.6. The third kappa shape index (κ3) is 6.44. The summed E-state index contributed by atoms with van der Waals surface area (Å²) >= 11 is 7.30. The molecule has 0 aliphatic heterocycles. The van der Waals surface area contributed by atoms with Crippen LogP contribution in [0.2, 0.25) is 5.02 Å². The Bertz CT molecular complexity index is 892. The number of hydrogen-bond donors (Lipinski definition) is 1. The maximum Gasteiger partial charge on any atom is 0.319 e. The van der Waals surface area contributed by atoms with Crippen LogP contribution in [0.5, 0.6) is 0 Å². The molecular formula is C21H22ClF2NO3S. The van der Waals surface area contributed by atoms with E-state index < -0.39 is 22.8 Å². The fraction of sp³-hybridized carbons (Fsp3) is 0.333. The Labute approximate surface area is 178 Å². The second-order valence-corrected chi connectivity index (χ2v) is 8.27. The molecule has 29 heavy (non-hydrogen) atoms. The predicted octanol–water partition coefficient (Wildman–Crippen LogP) is 5.94. The molecule has 2 aromatic rings. The molecule has 0 heterocycles. The number of anilines is 1. The van der Waals surface area contributed by atoms with Gasteiger partial charge in [0, 0.05) is 10.5 Å². The van der Waals surface area contributed by atoms with E-state index in [4.69, 9.17) is 16.3 Å². The van der Waals surface area contributed by atoms with Crippen molar-refractivity contribution in [1.29, 1.82) is 0 Å². The SMILES string of the molecule is CCCOC(=O)C(Sc1cc(NC(=O)c2cccc(F)c2)c(F)cc1Cl)C(C)C. The summed E-state index contributed by atoms with van der Waals surface area (Å²) in [5, 5.41) is 1.99. The molecular weight excluding hydrogens is 420 g/mol. The molecule has 2 rings (SSSR count). The van der Waals surface area contributed by atoms with Crippen molar-refractivity contribution in [3.8, 4) is 0 Å². The lowest BCUT2D eigenvalue weighted by Gasteiger charge is -2.20. The summed E-state index contributed by atoms with van der Waals surface area (Å²) in [5.74, 6) is -2.41. The third-order valence-corrected chi connectivity index (χ3v) is 5.90. The van der Waals surface area contributed by atoms with E-state index in [1.807, 2.05) is 20.8 Å². The van der Waals surface area contributed by atoms with E-state index >= 15 is 0 Å². The number of thioether (sulfide) groups is 1.